The van der Waals surface area contributed by atoms with Gasteiger partial charge >= 0.3 is 0 Å². The van der Waals surface area contributed by atoms with E-state index in [1.165, 1.54) is 43.6 Å². The Morgan fingerprint density at radius 3 is 2.51 bits per heavy atom. The number of carbonyl (C=O) groups is 1. The lowest BCUT2D eigenvalue weighted by Crippen LogP contribution is -2.57. The van der Waals surface area contributed by atoms with E-state index in [0.29, 0.717) is 42.7 Å². The fourth-order valence-corrected chi connectivity index (χ4v) is 3.90. The number of aromatic nitrogens is 2. The molecule has 1 saturated heterocycles. The molecule has 2 aromatic heterocycles. The van der Waals surface area contributed by atoms with Crippen molar-refractivity contribution in [1.29, 1.82) is 0 Å². The van der Waals surface area contributed by atoms with Crippen LogP contribution < -0.4 is 24.8 Å². The zero-order valence-electron chi connectivity index (χ0n) is 19.3. The zero-order chi connectivity index (χ0) is 24.9. The van der Waals surface area contributed by atoms with E-state index in [1.54, 1.807) is 24.3 Å². The maximum absolute atomic E-state index is 13.3. The Hall–Kier alpha value is -4.12. The normalized spacial score (nSPS) is 15.6. The molecule has 0 unspecified atom stereocenters. The van der Waals surface area contributed by atoms with Gasteiger partial charge in [-0.15, -0.1) is 0 Å². The maximum Gasteiger partial charge on any atom is 0.273 e. The minimum absolute atomic E-state index is 0.145. The molecule has 0 radical (unpaired) electrons. The maximum atomic E-state index is 13.3. The third-order valence-electron chi connectivity index (χ3n) is 5.69. The van der Waals surface area contributed by atoms with Crippen LogP contribution in [0.3, 0.4) is 0 Å². The Morgan fingerprint density at radius 2 is 1.83 bits per heavy atom. The number of ether oxygens (including phenoxy) is 3. The molecule has 11 heteroatoms. The first-order chi connectivity index (χ1) is 16.9. The van der Waals surface area contributed by atoms with Gasteiger partial charge in [0.25, 0.3) is 5.91 Å². The van der Waals surface area contributed by atoms with Crippen molar-refractivity contribution in [1.82, 2.24) is 14.9 Å². The first-order valence-corrected chi connectivity index (χ1v) is 10.9. The number of pyridine rings is 2. The second-order valence-corrected chi connectivity index (χ2v) is 7.84. The third kappa shape index (κ3) is 5.19. The van der Waals surface area contributed by atoms with Crippen LogP contribution in [0, 0.1) is 5.82 Å². The predicted octanol–water partition coefficient (Wildman–Crippen LogP) is 2.33. The summed E-state index contributed by atoms with van der Waals surface area (Å²) in [7, 11) is 2.99. The van der Waals surface area contributed by atoms with E-state index in [0.717, 1.165) is 5.69 Å². The van der Waals surface area contributed by atoms with E-state index < -0.39 is 6.04 Å². The van der Waals surface area contributed by atoms with Gasteiger partial charge in [-0.25, -0.2) is 14.4 Å². The molecule has 3 N–H and O–H groups in total. The van der Waals surface area contributed by atoms with Crippen LogP contribution >= 0.6 is 0 Å². The molecule has 1 atom stereocenters. The first kappa shape index (κ1) is 24.0. The summed E-state index contributed by atoms with van der Waals surface area (Å²) in [5.41, 5.74) is 6.63. The number of rotatable bonds is 7. The van der Waals surface area contributed by atoms with Crippen molar-refractivity contribution >= 4 is 17.4 Å². The monoisotopic (exact) mass is 483 g/mol. The molecule has 1 fully saturated rings. The number of aliphatic hydroxyl groups is 1. The van der Waals surface area contributed by atoms with Crippen molar-refractivity contribution in [2.75, 3.05) is 51.1 Å². The second-order valence-electron chi connectivity index (χ2n) is 7.84. The Morgan fingerprint density at radius 1 is 1.09 bits per heavy atom. The second kappa shape index (κ2) is 10.4. The van der Waals surface area contributed by atoms with Crippen molar-refractivity contribution in [3.8, 4) is 23.0 Å². The number of amides is 1. The van der Waals surface area contributed by atoms with Crippen LogP contribution in [-0.2, 0) is 0 Å². The molecule has 4 rings (SSSR count). The minimum Gasteiger partial charge on any atom is -0.494 e. The van der Waals surface area contributed by atoms with Gasteiger partial charge < -0.3 is 34.9 Å². The fourth-order valence-electron chi connectivity index (χ4n) is 3.90. The molecule has 10 nitrogen and oxygen atoms in total. The Balaban J connectivity index is 1.51. The van der Waals surface area contributed by atoms with E-state index in [1.807, 2.05) is 4.90 Å². The molecular weight excluding hydrogens is 457 g/mol. The molecule has 35 heavy (non-hydrogen) atoms. The van der Waals surface area contributed by atoms with Crippen LogP contribution in [0.25, 0.3) is 0 Å². The number of methoxy groups -OCH3 is 2. The van der Waals surface area contributed by atoms with Crippen LogP contribution in [0.1, 0.15) is 10.5 Å². The van der Waals surface area contributed by atoms with Crippen molar-refractivity contribution in [3.63, 3.8) is 0 Å². The van der Waals surface area contributed by atoms with Crippen molar-refractivity contribution in [2.24, 2.45) is 0 Å². The summed E-state index contributed by atoms with van der Waals surface area (Å²) in [6.07, 6.45) is 3.00. The number of halogens is 1. The number of carbonyl (C=O) groups excluding carboxylic acids is 1. The summed E-state index contributed by atoms with van der Waals surface area (Å²) in [5.74, 6) is 1.15. The highest BCUT2D eigenvalue weighted by atomic mass is 19.1. The summed E-state index contributed by atoms with van der Waals surface area (Å²) < 4.78 is 29.7. The summed E-state index contributed by atoms with van der Waals surface area (Å²) in [6.45, 7) is 0.964. The van der Waals surface area contributed by atoms with Crippen LogP contribution in [0.15, 0.2) is 48.8 Å². The lowest BCUT2D eigenvalue weighted by molar-refractivity contribution is 0.0558. The third-order valence-corrected chi connectivity index (χ3v) is 5.69. The number of hydrogen-bond acceptors (Lipinski definition) is 9. The molecule has 184 valence electrons. The molecule has 0 bridgehead atoms. The van der Waals surface area contributed by atoms with Crippen molar-refractivity contribution < 1.29 is 28.5 Å². The van der Waals surface area contributed by atoms with Crippen molar-refractivity contribution in [3.05, 3.63) is 60.3 Å². The number of aliphatic hydroxyl groups excluding tert-OH is 1. The largest absolute Gasteiger partial charge is 0.494 e. The fraction of sp³-hybridized carbons (Fsp3) is 0.292. The average molecular weight is 484 g/mol. The average Bonchev–Trinajstić information content (AvgIpc) is 2.89. The Kier molecular flexibility index (Phi) is 7.16. The van der Waals surface area contributed by atoms with Gasteiger partial charge in [0, 0.05) is 31.8 Å². The van der Waals surface area contributed by atoms with Gasteiger partial charge in [-0.05, 0) is 24.3 Å². The predicted molar refractivity (Wildman–Crippen MR) is 127 cm³/mol. The standard InChI is InChI=1S/C24H26FN5O5/c1-33-20-10-23(26)28-11-19(20)29-7-8-30(16(13-29)14-31)24(32)18-9-21(34-2)22(12-27-18)35-17-5-3-15(25)4-6-17/h3-6,9-12,16,31H,7-8,13-14H2,1-2H3,(H2,26,28)/t16-/m1/s1. The number of hydrogen-bond donors (Lipinski definition) is 2. The molecule has 1 aliphatic heterocycles. The lowest BCUT2D eigenvalue weighted by atomic mass is 10.1. The number of nitrogen functional groups attached to an aromatic ring is 1. The van der Waals surface area contributed by atoms with Crippen LogP contribution in [0.2, 0.25) is 0 Å². The summed E-state index contributed by atoms with van der Waals surface area (Å²) in [4.78, 5) is 25.3. The van der Waals surface area contributed by atoms with Gasteiger partial charge in [-0.1, -0.05) is 0 Å². The number of nitrogens with two attached hydrogens (primary N) is 1. The SMILES string of the molecule is COc1cc(C(=O)N2CCN(c3cnc(N)cc3OC)C[C@@H]2CO)ncc1Oc1ccc(F)cc1. The molecule has 3 aromatic rings. The van der Waals surface area contributed by atoms with Gasteiger partial charge in [0.1, 0.15) is 28.8 Å². The molecule has 1 amide bonds. The topological polar surface area (TPSA) is 123 Å². The highest BCUT2D eigenvalue weighted by Crippen LogP contribution is 2.33. The van der Waals surface area contributed by atoms with Crippen LogP contribution in [-0.4, -0.2) is 72.4 Å². The molecule has 1 aromatic carbocycles. The van der Waals surface area contributed by atoms with Gasteiger partial charge in [0.2, 0.25) is 0 Å². The Bertz CT molecular complexity index is 1190. The molecular formula is C24H26FN5O5. The zero-order valence-corrected chi connectivity index (χ0v) is 19.3. The number of benzene rings is 1. The van der Waals surface area contributed by atoms with Crippen molar-refractivity contribution in [2.45, 2.75) is 6.04 Å². The van der Waals surface area contributed by atoms with E-state index >= 15 is 0 Å². The van der Waals surface area contributed by atoms with Crippen LogP contribution in [0.5, 0.6) is 23.0 Å². The molecule has 0 spiro atoms. The summed E-state index contributed by atoms with van der Waals surface area (Å²) in [6, 6.07) is 8.13. The highest BCUT2D eigenvalue weighted by Gasteiger charge is 2.33. The first-order valence-electron chi connectivity index (χ1n) is 10.9. The minimum atomic E-state index is -0.485. The van der Waals surface area contributed by atoms with Crippen LogP contribution in [0.4, 0.5) is 15.9 Å². The highest BCUT2D eigenvalue weighted by molar-refractivity contribution is 5.93. The van der Waals surface area contributed by atoms with Gasteiger partial charge in [0.15, 0.2) is 11.5 Å². The molecule has 3 heterocycles. The van der Waals surface area contributed by atoms with Gasteiger partial charge in [-0.2, -0.15) is 0 Å². The molecule has 1 aliphatic rings. The number of piperazine rings is 1. The molecule has 0 aliphatic carbocycles. The summed E-state index contributed by atoms with van der Waals surface area (Å²) in [5, 5.41) is 10.0. The van der Waals surface area contributed by atoms with Gasteiger partial charge in [0.05, 0.1) is 44.9 Å². The van der Waals surface area contributed by atoms with E-state index in [4.69, 9.17) is 19.9 Å². The quantitative estimate of drug-likeness (QED) is 0.521. The van der Waals surface area contributed by atoms with E-state index in [9.17, 15) is 14.3 Å². The Labute approximate surface area is 201 Å². The number of nitrogens with zero attached hydrogens (tertiary/aromatic N) is 4. The lowest BCUT2D eigenvalue weighted by Gasteiger charge is -2.41. The van der Waals surface area contributed by atoms with Gasteiger partial charge in [-0.3, -0.25) is 4.79 Å². The smallest absolute Gasteiger partial charge is 0.273 e. The van der Waals surface area contributed by atoms with E-state index in [2.05, 4.69) is 9.97 Å². The van der Waals surface area contributed by atoms with E-state index in [-0.39, 0.29) is 29.8 Å². The summed E-state index contributed by atoms with van der Waals surface area (Å²) >= 11 is 0. The number of anilines is 2. The molecule has 0 saturated carbocycles.